The lowest BCUT2D eigenvalue weighted by Gasteiger charge is -2.45. The molecule has 0 aromatic carbocycles. The van der Waals surface area contributed by atoms with Gasteiger partial charge in [0.25, 0.3) is 0 Å². The number of fused-ring (bicyclic) bond motifs is 1. The number of aliphatic hydroxyl groups excluding tert-OH is 2. The average molecular weight is 743 g/mol. The van der Waals surface area contributed by atoms with Gasteiger partial charge in [0.1, 0.15) is 37.4 Å². The van der Waals surface area contributed by atoms with Gasteiger partial charge in [0, 0.05) is 26.7 Å². The summed E-state index contributed by atoms with van der Waals surface area (Å²) in [5.41, 5.74) is -0.0212. The lowest BCUT2D eigenvalue weighted by molar-refractivity contribution is -0.270. The van der Waals surface area contributed by atoms with E-state index in [0.29, 0.717) is 0 Å². The first kappa shape index (κ1) is 38.7. The minimum atomic E-state index is -5.65. The smallest absolute Gasteiger partial charge is 0.483 e. The van der Waals surface area contributed by atoms with E-state index in [1.807, 2.05) is 0 Å². The first-order chi connectivity index (χ1) is 22.8. The molecule has 0 bridgehead atoms. The molecule has 12 atom stereocenters. The van der Waals surface area contributed by atoms with Crippen LogP contribution in [0.2, 0.25) is 0 Å². The standard InChI is InChI=1S/C25H36N4O18P2/c1-10-11(2)21(43-14(5)32)25(45-20(10)16(42-13(4)31)6-40-12(3)30)46-49(38,39)47-48(36,37)41-7-15-18(33)19(34)24(44-15)29-9-28-17-22(29)26-8-27-23(17)35/h8-11,15-16,18-21,24-25,33-34H,6-7H2,1-5H3,(H,36,37)(H,38,39)(H,26,27,35)/t10-,11-,15+,16+,18-,19?,20?,21?,24+,25-/m0/s1. The number of esters is 3. The van der Waals surface area contributed by atoms with Gasteiger partial charge in [0.05, 0.1) is 12.9 Å². The maximum Gasteiger partial charge on any atom is 0.483 e. The Labute approximate surface area is 277 Å². The number of imidazole rings is 1. The van der Waals surface area contributed by atoms with Gasteiger partial charge in [-0.25, -0.2) is 19.1 Å². The zero-order valence-corrected chi connectivity index (χ0v) is 28.4. The number of carbonyl (C=O) groups excluding carboxylic acids is 3. The average Bonchev–Trinajstić information content (AvgIpc) is 3.54. The van der Waals surface area contributed by atoms with Crippen LogP contribution < -0.4 is 0 Å². The molecular weight excluding hydrogens is 706 g/mol. The molecular formula is C25H36N4O18P2. The number of carbonyl (C=O) groups is 3. The zero-order valence-electron chi connectivity index (χ0n) is 26.6. The van der Waals surface area contributed by atoms with E-state index in [1.165, 1.54) is 0 Å². The lowest BCUT2D eigenvalue weighted by atomic mass is 9.81. The number of phosphoric acid groups is 2. The van der Waals surface area contributed by atoms with Crippen LogP contribution in [0.5, 0.6) is 5.88 Å². The summed E-state index contributed by atoms with van der Waals surface area (Å²) in [6.07, 6.45) is -9.93. The molecule has 4 rings (SSSR count). The highest BCUT2D eigenvalue weighted by atomic mass is 31.3. The number of aromatic nitrogens is 4. The van der Waals surface area contributed by atoms with Crippen molar-refractivity contribution in [2.45, 2.75) is 83.8 Å². The maximum atomic E-state index is 13.0. The minimum absolute atomic E-state index is 0.0216. The Hall–Kier alpha value is -3.14. The fourth-order valence-electron chi connectivity index (χ4n) is 5.27. The molecule has 2 aromatic heterocycles. The zero-order chi connectivity index (χ0) is 36.4. The van der Waals surface area contributed by atoms with Crippen molar-refractivity contribution in [3.63, 3.8) is 0 Å². The molecule has 4 heterocycles. The molecule has 5 unspecified atom stereocenters. The second-order valence-corrected chi connectivity index (χ2v) is 14.2. The minimum Gasteiger partial charge on any atom is -0.492 e. The van der Waals surface area contributed by atoms with Crippen LogP contribution in [0.1, 0.15) is 40.8 Å². The molecule has 2 aliphatic rings. The van der Waals surface area contributed by atoms with Crippen LogP contribution in [0.15, 0.2) is 12.7 Å². The molecule has 0 radical (unpaired) electrons. The third kappa shape index (κ3) is 9.35. The molecule has 274 valence electrons. The van der Waals surface area contributed by atoms with E-state index >= 15 is 0 Å². The molecule has 49 heavy (non-hydrogen) atoms. The van der Waals surface area contributed by atoms with E-state index in [-0.39, 0.29) is 11.2 Å². The molecule has 2 aromatic rings. The Morgan fingerprint density at radius 2 is 1.65 bits per heavy atom. The third-order valence-corrected chi connectivity index (χ3v) is 10.3. The van der Waals surface area contributed by atoms with Crippen LogP contribution in [-0.2, 0) is 60.6 Å². The van der Waals surface area contributed by atoms with Crippen LogP contribution in [0.3, 0.4) is 0 Å². The van der Waals surface area contributed by atoms with Crippen molar-refractivity contribution in [2.75, 3.05) is 13.2 Å². The topological polar surface area (TPSA) is 304 Å². The van der Waals surface area contributed by atoms with Crippen molar-refractivity contribution < 1.29 is 85.7 Å². The predicted octanol–water partition coefficient (Wildman–Crippen LogP) is -0.175. The van der Waals surface area contributed by atoms with Gasteiger partial charge in [-0.2, -0.15) is 9.29 Å². The number of aromatic hydroxyl groups is 1. The molecule has 24 heteroatoms. The highest BCUT2D eigenvalue weighted by molar-refractivity contribution is 7.61. The fraction of sp³-hybridized carbons (Fsp3) is 0.680. The van der Waals surface area contributed by atoms with Crippen LogP contribution >= 0.6 is 15.6 Å². The summed E-state index contributed by atoms with van der Waals surface area (Å²) in [4.78, 5) is 67.3. The quantitative estimate of drug-likeness (QED) is 0.101. The van der Waals surface area contributed by atoms with Crippen LogP contribution in [-0.4, -0.2) is 119 Å². The molecule has 5 N–H and O–H groups in total. The Bertz CT molecular complexity index is 1630. The summed E-state index contributed by atoms with van der Waals surface area (Å²) in [5.74, 6) is -4.15. The monoisotopic (exact) mass is 742 g/mol. The number of nitrogens with zero attached hydrogens (tertiary/aromatic N) is 4. The van der Waals surface area contributed by atoms with E-state index in [1.54, 1.807) is 13.8 Å². The van der Waals surface area contributed by atoms with E-state index in [2.05, 4.69) is 19.3 Å². The number of phosphoric ester groups is 2. The number of hydrogen-bond donors (Lipinski definition) is 5. The Morgan fingerprint density at radius 1 is 0.959 bits per heavy atom. The van der Waals surface area contributed by atoms with Gasteiger partial charge in [-0.1, -0.05) is 13.8 Å². The summed E-state index contributed by atoms with van der Waals surface area (Å²) >= 11 is 0. The SMILES string of the molecule is CC(=O)OC[C@@H](OC(C)=O)C1O[C@@H](OP(=O)(O)OP(=O)(O)OC[C@H]2O[C@@H](n3cnc4c(O)ncnc43)C(O)[C@H]2O)C(OC(C)=O)[C@@H](C)[C@@H]1C. The Kier molecular flexibility index (Phi) is 12.1. The van der Waals surface area contributed by atoms with Crippen molar-refractivity contribution in [3.8, 4) is 5.88 Å². The number of rotatable bonds is 13. The van der Waals surface area contributed by atoms with Crippen molar-refractivity contribution in [1.82, 2.24) is 19.5 Å². The summed E-state index contributed by atoms with van der Waals surface area (Å²) in [6.45, 7) is 4.96. The van der Waals surface area contributed by atoms with Gasteiger partial charge in [-0.15, -0.1) is 0 Å². The van der Waals surface area contributed by atoms with Crippen LogP contribution in [0.25, 0.3) is 11.2 Å². The number of hydrogen-bond acceptors (Lipinski definition) is 19. The Morgan fingerprint density at radius 3 is 2.29 bits per heavy atom. The second kappa shape index (κ2) is 15.4. The van der Waals surface area contributed by atoms with Gasteiger partial charge in [0.15, 0.2) is 29.6 Å². The van der Waals surface area contributed by atoms with Gasteiger partial charge < -0.3 is 48.8 Å². The predicted molar refractivity (Wildman–Crippen MR) is 155 cm³/mol. The largest absolute Gasteiger partial charge is 0.492 e. The summed E-state index contributed by atoms with van der Waals surface area (Å²) in [5, 5.41) is 30.9. The normalized spacial score (nSPS) is 31.7. The van der Waals surface area contributed by atoms with Gasteiger partial charge in [0.2, 0.25) is 12.2 Å². The molecule has 2 aliphatic heterocycles. The molecule has 2 fully saturated rings. The fourth-order valence-corrected chi connectivity index (χ4v) is 7.42. The first-order valence-electron chi connectivity index (χ1n) is 14.5. The number of aliphatic hydroxyl groups is 2. The van der Waals surface area contributed by atoms with Gasteiger partial charge >= 0.3 is 33.6 Å². The molecule has 22 nitrogen and oxygen atoms in total. The molecule has 0 saturated carbocycles. The van der Waals surface area contributed by atoms with E-state index < -0.39 is 114 Å². The van der Waals surface area contributed by atoms with Crippen molar-refractivity contribution in [1.29, 1.82) is 0 Å². The van der Waals surface area contributed by atoms with E-state index in [0.717, 1.165) is 38.0 Å². The van der Waals surface area contributed by atoms with Crippen LogP contribution in [0.4, 0.5) is 0 Å². The Balaban J connectivity index is 1.45. The van der Waals surface area contributed by atoms with Crippen molar-refractivity contribution in [2.24, 2.45) is 11.8 Å². The summed E-state index contributed by atoms with van der Waals surface area (Å²) in [7, 11) is -11.2. The summed E-state index contributed by atoms with van der Waals surface area (Å²) < 4.78 is 68.0. The highest BCUT2D eigenvalue weighted by Crippen LogP contribution is 2.62. The maximum absolute atomic E-state index is 13.0. The third-order valence-electron chi connectivity index (χ3n) is 7.66. The van der Waals surface area contributed by atoms with Gasteiger partial charge in [-0.3, -0.25) is 28.0 Å². The first-order valence-corrected chi connectivity index (χ1v) is 17.5. The van der Waals surface area contributed by atoms with Gasteiger partial charge in [-0.05, 0) is 5.92 Å². The van der Waals surface area contributed by atoms with E-state index in [9.17, 15) is 48.6 Å². The van der Waals surface area contributed by atoms with Crippen molar-refractivity contribution in [3.05, 3.63) is 12.7 Å². The molecule has 0 amide bonds. The number of ether oxygens (including phenoxy) is 5. The van der Waals surface area contributed by atoms with Crippen molar-refractivity contribution >= 4 is 44.7 Å². The lowest BCUT2D eigenvalue weighted by Crippen LogP contribution is -2.56. The van der Waals surface area contributed by atoms with Crippen LogP contribution in [0, 0.1) is 11.8 Å². The molecule has 0 spiro atoms. The molecule has 2 saturated heterocycles. The van der Waals surface area contributed by atoms with E-state index in [4.69, 9.17) is 32.7 Å². The summed E-state index contributed by atoms with van der Waals surface area (Å²) in [6, 6.07) is 0. The second-order valence-electron chi connectivity index (χ2n) is 11.2. The highest BCUT2D eigenvalue weighted by Gasteiger charge is 2.52. The molecule has 0 aliphatic carbocycles.